The third kappa shape index (κ3) is 4.32. The highest BCUT2D eigenvalue weighted by molar-refractivity contribution is 5.80. The van der Waals surface area contributed by atoms with Crippen LogP contribution in [0.25, 0.3) is 16.7 Å². The minimum atomic E-state index is -2.78. The fourth-order valence-corrected chi connectivity index (χ4v) is 3.72. The molecule has 3 heterocycles. The first-order valence-corrected chi connectivity index (χ1v) is 10.2. The minimum absolute atomic E-state index is 0.0192. The van der Waals surface area contributed by atoms with Crippen molar-refractivity contribution < 1.29 is 13.6 Å². The molecule has 32 heavy (non-hydrogen) atoms. The molecule has 9 heteroatoms. The van der Waals surface area contributed by atoms with Gasteiger partial charge in [0.05, 0.1) is 6.04 Å². The largest absolute Gasteiger partial charge is 0.350 e. The number of aromatic nitrogens is 4. The molecule has 0 radical (unpaired) electrons. The lowest BCUT2D eigenvalue weighted by atomic mass is 10.1. The van der Waals surface area contributed by atoms with Gasteiger partial charge in [0.25, 0.3) is 12.0 Å². The number of aryl methyl sites for hydroxylation is 2. The number of amides is 1. The molecule has 1 aromatic carbocycles. The van der Waals surface area contributed by atoms with Crippen molar-refractivity contribution in [1.29, 1.82) is 0 Å². The number of benzene rings is 1. The summed E-state index contributed by atoms with van der Waals surface area (Å²) in [7, 11) is 1.60. The highest BCUT2D eigenvalue weighted by Crippen LogP contribution is 2.25. The number of carbonyl (C=O) groups excluding carboxylic acids is 1. The molecule has 0 aliphatic carbocycles. The van der Waals surface area contributed by atoms with E-state index < -0.39 is 12.0 Å². The highest BCUT2D eigenvalue weighted by Gasteiger charge is 2.19. The SMILES string of the molecule is C[C@H](NC(=O)CCn1c(=O)cc(C(F)F)c2cn(C)nc21)c1ccc(-n2cccc2)cc1. The second-order valence-electron chi connectivity index (χ2n) is 7.65. The first kappa shape index (κ1) is 21.5. The van der Waals surface area contributed by atoms with Crippen LogP contribution in [0.5, 0.6) is 0 Å². The van der Waals surface area contributed by atoms with Crippen LogP contribution >= 0.6 is 0 Å². The van der Waals surface area contributed by atoms with Gasteiger partial charge in [-0.1, -0.05) is 12.1 Å². The van der Waals surface area contributed by atoms with Crippen molar-refractivity contribution in [2.24, 2.45) is 7.05 Å². The number of alkyl halides is 2. The number of nitrogens with one attached hydrogen (secondary N) is 1. The van der Waals surface area contributed by atoms with Gasteiger partial charge < -0.3 is 9.88 Å². The van der Waals surface area contributed by atoms with Crippen molar-refractivity contribution in [2.75, 3.05) is 0 Å². The van der Waals surface area contributed by atoms with Crippen LogP contribution in [0.15, 0.2) is 65.8 Å². The van der Waals surface area contributed by atoms with Crippen LogP contribution in [-0.4, -0.2) is 24.8 Å². The molecule has 1 amide bonds. The lowest BCUT2D eigenvalue weighted by Gasteiger charge is -2.16. The van der Waals surface area contributed by atoms with E-state index in [1.165, 1.54) is 15.4 Å². The van der Waals surface area contributed by atoms with Gasteiger partial charge in [-0.2, -0.15) is 5.10 Å². The summed E-state index contributed by atoms with van der Waals surface area (Å²) in [6.45, 7) is 1.92. The van der Waals surface area contributed by atoms with Crippen molar-refractivity contribution in [3.05, 3.63) is 82.5 Å². The molecule has 0 fully saturated rings. The van der Waals surface area contributed by atoms with Crippen LogP contribution < -0.4 is 10.9 Å². The zero-order valence-corrected chi connectivity index (χ0v) is 17.7. The molecule has 166 valence electrons. The van der Waals surface area contributed by atoms with E-state index >= 15 is 0 Å². The number of carbonyl (C=O) groups is 1. The normalized spacial score (nSPS) is 12.4. The molecule has 3 aromatic heterocycles. The summed E-state index contributed by atoms with van der Waals surface area (Å²) in [5, 5.41) is 7.27. The molecule has 4 aromatic rings. The molecule has 0 unspecified atom stereocenters. The van der Waals surface area contributed by atoms with Crippen molar-refractivity contribution in [3.63, 3.8) is 0 Å². The Morgan fingerprint density at radius 3 is 2.50 bits per heavy atom. The number of pyridine rings is 1. The Balaban J connectivity index is 1.44. The zero-order chi connectivity index (χ0) is 22.8. The topological polar surface area (TPSA) is 73.8 Å². The molecule has 0 saturated heterocycles. The first-order chi connectivity index (χ1) is 15.3. The third-order valence-corrected chi connectivity index (χ3v) is 5.39. The smallest absolute Gasteiger partial charge is 0.264 e. The maximum atomic E-state index is 13.3. The Morgan fingerprint density at radius 2 is 1.84 bits per heavy atom. The van der Waals surface area contributed by atoms with Gasteiger partial charge >= 0.3 is 0 Å². The van der Waals surface area contributed by atoms with E-state index in [1.54, 1.807) is 7.05 Å². The average Bonchev–Trinajstić information content (AvgIpc) is 3.42. The summed E-state index contributed by atoms with van der Waals surface area (Å²) in [4.78, 5) is 24.9. The molecule has 0 bridgehead atoms. The molecular weight excluding hydrogens is 416 g/mol. The second kappa shape index (κ2) is 8.78. The minimum Gasteiger partial charge on any atom is -0.350 e. The molecule has 7 nitrogen and oxygen atoms in total. The second-order valence-corrected chi connectivity index (χ2v) is 7.65. The van der Waals surface area contributed by atoms with Crippen LogP contribution in [0.1, 0.15) is 36.9 Å². The maximum Gasteiger partial charge on any atom is 0.264 e. The summed E-state index contributed by atoms with van der Waals surface area (Å²) in [6.07, 6.45) is 2.60. The molecule has 0 aliphatic rings. The lowest BCUT2D eigenvalue weighted by molar-refractivity contribution is -0.121. The summed E-state index contributed by atoms with van der Waals surface area (Å²) in [5.41, 5.74) is 1.16. The maximum absolute atomic E-state index is 13.3. The standard InChI is InChI=1S/C23H23F2N5O2/c1-15(16-5-7-17(8-6-16)29-10-3-4-11-29)26-20(31)9-12-30-21(32)13-18(22(24)25)19-14-28(2)27-23(19)30/h3-8,10-11,13-15,22H,9,12H2,1-2H3,(H,26,31)/t15-/m0/s1. The predicted molar refractivity (Wildman–Crippen MR) is 117 cm³/mol. The molecular formula is C23H23F2N5O2. The third-order valence-electron chi connectivity index (χ3n) is 5.39. The van der Waals surface area contributed by atoms with Gasteiger partial charge in [-0.3, -0.25) is 18.8 Å². The Labute approximate surface area is 182 Å². The van der Waals surface area contributed by atoms with Gasteiger partial charge in [-0.25, -0.2) is 8.78 Å². The lowest BCUT2D eigenvalue weighted by Crippen LogP contribution is -2.29. The summed E-state index contributed by atoms with van der Waals surface area (Å²) >= 11 is 0. The number of hydrogen-bond donors (Lipinski definition) is 1. The summed E-state index contributed by atoms with van der Waals surface area (Å²) in [6, 6.07) is 12.4. The van der Waals surface area contributed by atoms with E-state index in [-0.39, 0.29) is 41.5 Å². The van der Waals surface area contributed by atoms with E-state index in [0.29, 0.717) is 0 Å². The quantitative estimate of drug-likeness (QED) is 0.477. The van der Waals surface area contributed by atoms with Crippen molar-refractivity contribution in [2.45, 2.75) is 32.4 Å². The first-order valence-electron chi connectivity index (χ1n) is 10.2. The Morgan fingerprint density at radius 1 is 1.16 bits per heavy atom. The van der Waals surface area contributed by atoms with E-state index in [9.17, 15) is 18.4 Å². The van der Waals surface area contributed by atoms with Crippen LogP contribution in [0.4, 0.5) is 8.78 Å². The molecule has 1 atom stereocenters. The predicted octanol–water partition coefficient (Wildman–Crippen LogP) is 3.73. The number of nitrogens with zero attached hydrogens (tertiary/aromatic N) is 4. The van der Waals surface area contributed by atoms with Gasteiger partial charge in [0, 0.05) is 61.3 Å². The van der Waals surface area contributed by atoms with Gasteiger partial charge in [0.2, 0.25) is 5.91 Å². The summed E-state index contributed by atoms with van der Waals surface area (Å²) in [5.74, 6) is -0.249. The molecule has 0 aliphatic heterocycles. The molecule has 4 rings (SSSR count). The van der Waals surface area contributed by atoms with E-state index in [4.69, 9.17) is 0 Å². The van der Waals surface area contributed by atoms with Gasteiger partial charge in [0.15, 0.2) is 5.65 Å². The van der Waals surface area contributed by atoms with Gasteiger partial charge in [-0.15, -0.1) is 0 Å². The Bertz CT molecular complexity index is 1290. The van der Waals surface area contributed by atoms with E-state index in [1.807, 2.05) is 60.3 Å². The van der Waals surface area contributed by atoms with E-state index in [2.05, 4.69) is 10.4 Å². The zero-order valence-electron chi connectivity index (χ0n) is 17.7. The molecule has 1 N–H and O–H groups in total. The van der Waals surface area contributed by atoms with Crippen LogP contribution in [-0.2, 0) is 18.4 Å². The van der Waals surface area contributed by atoms with Crippen LogP contribution in [0, 0.1) is 0 Å². The Hall–Kier alpha value is -3.75. The van der Waals surface area contributed by atoms with Crippen LogP contribution in [0.2, 0.25) is 0 Å². The van der Waals surface area contributed by atoms with E-state index in [0.717, 1.165) is 17.3 Å². The van der Waals surface area contributed by atoms with Gasteiger partial charge in [-0.05, 0) is 36.8 Å². The monoisotopic (exact) mass is 439 g/mol. The highest BCUT2D eigenvalue weighted by atomic mass is 19.3. The fraction of sp³-hybridized carbons (Fsp3) is 0.261. The van der Waals surface area contributed by atoms with Crippen LogP contribution in [0.3, 0.4) is 0 Å². The number of rotatable bonds is 7. The van der Waals surface area contributed by atoms with Gasteiger partial charge in [0.1, 0.15) is 0 Å². The number of halogens is 2. The van der Waals surface area contributed by atoms with Crippen molar-refractivity contribution in [3.8, 4) is 5.69 Å². The summed E-state index contributed by atoms with van der Waals surface area (Å²) < 4.78 is 31.2. The average molecular weight is 439 g/mol. The molecule has 0 spiro atoms. The Kier molecular flexibility index (Phi) is 5.89. The van der Waals surface area contributed by atoms with Crippen molar-refractivity contribution in [1.82, 2.24) is 24.2 Å². The fourth-order valence-electron chi connectivity index (χ4n) is 3.72. The number of fused-ring (bicyclic) bond motifs is 1. The molecule has 0 saturated carbocycles. The van der Waals surface area contributed by atoms with Crippen molar-refractivity contribution >= 4 is 16.9 Å². The number of hydrogen-bond acceptors (Lipinski definition) is 3.